The topological polar surface area (TPSA) is 115 Å². The van der Waals surface area contributed by atoms with Crippen molar-refractivity contribution in [2.75, 3.05) is 33.9 Å². The Balaban J connectivity index is 1.91. The van der Waals surface area contributed by atoms with Crippen LogP contribution in [-0.2, 0) is 10.0 Å². The first-order valence-corrected chi connectivity index (χ1v) is 12.8. The molecule has 34 heavy (non-hydrogen) atoms. The molecule has 3 N–H and O–H groups in total. The molecule has 2 aromatic carbocycles. The minimum atomic E-state index is -4.02. The first-order chi connectivity index (χ1) is 16.2. The number of hydrogen-bond donors (Lipinski definition) is 3. The van der Waals surface area contributed by atoms with Crippen LogP contribution in [0.3, 0.4) is 0 Å². The number of carbonyl (C=O) groups excluding carboxylic acids is 1. The third-order valence-electron chi connectivity index (χ3n) is 5.20. The second-order valence-corrected chi connectivity index (χ2v) is 9.84. The van der Waals surface area contributed by atoms with Gasteiger partial charge < -0.3 is 24.8 Å². The van der Waals surface area contributed by atoms with Gasteiger partial charge in [-0.1, -0.05) is 11.6 Å². The van der Waals surface area contributed by atoms with E-state index < -0.39 is 10.0 Å². The first kappa shape index (κ1) is 25.9. The van der Waals surface area contributed by atoms with E-state index in [9.17, 15) is 13.2 Å². The van der Waals surface area contributed by atoms with Crippen LogP contribution in [-0.4, -0.2) is 53.4 Å². The van der Waals surface area contributed by atoms with Crippen molar-refractivity contribution in [3.63, 3.8) is 0 Å². The first-order valence-electron chi connectivity index (χ1n) is 10.5. The highest BCUT2D eigenvalue weighted by Gasteiger charge is 2.29. The Morgan fingerprint density at radius 1 is 1.26 bits per heavy atom. The van der Waals surface area contributed by atoms with E-state index in [2.05, 4.69) is 15.4 Å². The Morgan fingerprint density at radius 2 is 2.03 bits per heavy atom. The number of sulfonamides is 1. The molecule has 1 heterocycles. The number of benzene rings is 2. The summed E-state index contributed by atoms with van der Waals surface area (Å²) >= 11 is 11.0. The molecule has 0 saturated carbocycles. The fourth-order valence-corrected chi connectivity index (χ4v) is 5.18. The molecular weight excluding hydrogens is 502 g/mol. The summed E-state index contributed by atoms with van der Waals surface area (Å²) in [6.07, 6.45) is 0.579. The second kappa shape index (κ2) is 11.1. The third-order valence-corrected chi connectivity index (χ3v) is 7.24. The van der Waals surface area contributed by atoms with Gasteiger partial charge in [-0.05, 0) is 49.8 Å². The van der Waals surface area contributed by atoms with E-state index >= 15 is 0 Å². The summed E-state index contributed by atoms with van der Waals surface area (Å²) in [6, 6.07) is 7.86. The molecule has 3 rings (SSSR count). The van der Waals surface area contributed by atoms with Crippen LogP contribution in [0, 0.1) is 0 Å². The zero-order valence-corrected chi connectivity index (χ0v) is 21.3. The predicted octanol–water partition coefficient (Wildman–Crippen LogP) is 2.83. The molecule has 0 bridgehead atoms. The fourth-order valence-electron chi connectivity index (χ4n) is 3.55. The van der Waals surface area contributed by atoms with E-state index in [0.717, 1.165) is 0 Å². The van der Waals surface area contributed by atoms with Crippen molar-refractivity contribution >= 4 is 44.9 Å². The van der Waals surface area contributed by atoms with Crippen molar-refractivity contribution in [1.29, 1.82) is 0 Å². The largest absolute Gasteiger partial charge is 0.496 e. The lowest BCUT2D eigenvalue weighted by molar-refractivity contribution is 0.0945. The number of halogens is 1. The van der Waals surface area contributed by atoms with Gasteiger partial charge in [0.05, 0.1) is 25.9 Å². The van der Waals surface area contributed by atoms with Gasteiger partial charge >= 0.3 is 0 Å². The molecule has 0 radical (unpaired) electrons. The number of methoxy groups -OCH3 is 1. The summed E-state index contributed by atoms with van der Waals surface area (Å²) < 4.78 is 44.9. The molecule has 184 valence electrons. The standard InChI is InChI=1S/C22H26ClN3O6S2/c1-4-31-19-11-18-15(10-20(19)34(28,29)26-22(33)24-2)13(7-8-32-18)12-25-21(27)16-9-14(23)5-6-17(16)30-3/h5-6,9-11,13H,4,7-8,12H2,1-3H3,(H,25,27)(H2,24,26,33). The quantitative estimate of drug-likeness (QED) is 0.449. The van der Waals surface area contributed by atoms with Gasteiger partial charge in [0.25, 0.3) is 15.9 Å². The average Bonchev–Trinajstić information content (AvgIpc) is 2.81. The van der Waals surface area contributed by atoms with Crippen LogP contribution in [0.5, 0.6) is 17.2 Å². The second-order valence-electron chi connectivity index (χ2n) is 7.34. The van der Waals surface area contributed by atoms with E-state index in [1.165, 1.54) is 26.3 Å². The van der Waals surface area contributed by atoms with Crippen molar-refractivity contribution < 1.29 is 27.4 Å². The summed E-state index contributed by atoms with van der Waals surface area (Å²) in [6.45, 7) is 2.68. The maximum atomic E-state index is 13.0. The maximum absolute atomic E-state index is 13.0. The lowest BCUT2D eigenvalue weighted by Gasteiger charge is -2.28. The van der Waals surface area contributed by atoms with Crippen LogP contribution in [0.1, 0.15) is 35.2 Å². The number of nitrogens with one attached hydrogen (secondary N) is 3. The molecule has 12 heteroatoms. The molecular formula is C22H26ClN3O6S2. The van der Waals surface area contributed by atoms with E-state index in [4.69, 9.17) is 38.0 Å². The van der Waals surface area contributed by atoms with E-state index in [1.807, 2.05) is 0 Å². The Bertz CT molecular complexity index is 1190. The predicted molar refractivity (Wildman–Crippen MR) is 133 cm³/mol. The molecule has 9 nitrogen and oxygen atoms in total. The van der Waals surface area contributed by atoms with Crippen molar-refractivity contribution in [1.82, 2.24) is 15.4 Å². The molecule has 1 unspecified atom stereocenters. The van der Waals surface area contributed by atoms with Crippen LogP contribution in [0.2, 0.25) is 5.02 Å². The van der Waals surface area contributed by atoms with Gasteiger partial charge in [-0.3, -0.25) is 9.52 Å². The van der Waals surface area contributed by atoms with E-state index in [0.29, 0.717) is 40.7 Å². The van der Waals surface area contributed by atoms with Gasteiger partial charge in [-0.15, -0.1) is 0 Å². The number of rotatable bonds is 8. The molecule has 2 aromatic rings. The summed E-state index contributed by atoms with van der Waals surface area (Å²) in [5.74, 6) is 0.506. The average molecular weight is 528 g/mol. The molecule has 0 spiro atoms. The highest BCUT2D eigenvalue weighted by molar-refractivity contribution is 7.92. The Labute approximate surface area is 209 Å². The van der Waals surface area contributed by atoms with Gasteiger partial charge in [0.2, 0.25) is 0 Å². The Morgan fingerprint density at radius 3 is 2.71 bits per heavy atom. The SMILES string of the molecule is CCOc1cc2c(cc1S(=O)(=O)NC(=S)NC)C(CNC(=O)c1cc(Cl)ccc1OC)CCO2. The van der Waals surface area contributed by atoms with Crippen molar-refractivity contribution in [3.05, 3.63) is 46.5 Å². The van der Waals surface area contributed by atoms with E-state index in [1.54, 1.807) is 25.1 Å². The smallest absolute Gasteiger partial charge is 0.267 e. The number of ether oxygens (including phenoxy) is 3. The Kier molecular flexibility index (Phi) is 8.45. The summed E-state index contributed by atoms with van der Waals surface area (Å²) in [5.41, 5.74) is 0.950. The van der Waals surface area contributed by atoms with Crippen molar-refractivity contribution in [2.24, 2.45) is 0 Å². The van der Waals surface area contributed by atoms with Crippen molar-refractivity contribution in [2.45, 2.75) is 24.2 Å². The minimum Gasteiger partial charge on any atom is -0.496 e. The highest BCUT2D eigenvalue weighted by Crippen LogP contribution is 2.40. The van der Waals surface area contributed by atoms with E-state index in [-0.39, 0.29) is 40.7 Å². The maximum Gasteiger partial charge on any atom is 0.267 e. The van der Waals surface area contributed by atoms with Gasteiger partial charge in [-0.25, -0.2) is 8.42 Å². The van der Waals surface area contributed by atoms with Gasteiger partial charge in [0, 0.05) is 36.2 Å². The third kappa shape index (κ3) is 5.83. The van der Waals surface area contributed by atoms with Gasteiger partial charge in [0.15, 0.2) is 5.11 Å². The fraction of sp³-hybridized carbons (Fsp3) is 0.364. The summed E-state index contributed by atoms with van der Waals surface area (Å²) in [5, 5.41) is 5.84. The molecule has 0 aromatic heterocycles. The van der Waals surface area contributed by atoms with Gasteiger partial charge in [-0.2, -0.15) is 0 Å². The molecule has 0 aliphatic carbocycles. The number of hydrogen-bond acceptors (Lipinski definition) is 7. The van der Waals surface area contributed by atoms with Crippen LogP contribution >= 0.6 is 23.8 Å². The minimum absolute atomic E-state index is 0.0456. The molecule has 1 amide bonds. The zero-order valence-electron chi connectivity index (χ0n) is 18.9. The van der Waals surface area contributed by atoms with Crippen LogP contribution in [0.25, 0.3) is 0 Å². The van der Waals surface area contributed by atoms with Crippen LogP contribution in [0.4, 0.5) is 0 Å². The number of thiocarbonyl (C=S) groups is 1. The van der Waals surface area contributed by atoms with Gasteiger partial charge in [0.1, 0.15) is 22.1 Å². The van der Waals surface area contributed by atoms with Crippen LogP contribution < -0.4 is 29.6 Å². The number of carbonyl (C=O) groups is 1. The highest BCUT2D eigenvalue weighted by atomic mass is 35.5. The monoisotopic (exact) mass is 527 g/mol. The number of amides is 1. The molecule has 1 atom stereocenters. The van der Waals surface area contributed by atoms with Crippen LogP contribution in [0.15, 0.2) is 35.2 Å². The molecule has 0 fully saturated rings. The molecule has 1 aliphatic heterocycles. The molecule has 1 aliphatic rings. The normalized spacial score (nSPS) is 14.9. The zero-order chi connectivity index (χ0) is 24.9. The van der Waals surface area contributed by atoms with Crippen molar-refractivity contribution in [3.8, 4) is 17.2 Å². The summed E-state index contributed by atoms with van der Waals surface area (Å²) in [7, 11) is -1.03. The Hall–Kier alpha value is -2.76. The molecule has 0 saturated heterocycles. The lowest BCUT2D eigenvalue weighted by Crippen LogP contribution is -2.37. The number of fused-ring (bicyclic) bond motifs is 1. The summed E-state index contributed by atoms with van der Waals surface area (Å²) in [4.78, 5) is 12.8. The lowest BCUT2D eigenvalue weighted by atomic mass is 9.92.